The van der Waals surface area contributed by atoms with Crippen LogP contribution >= 0.6 is 11.6 Å². The number of sulfone groups is 1. The molecule has 2 nitrogen and oxygen atoms in total. The van der Waals surface area contributed by atoms with Crippen LogP contribution in [0.4, 0.5) is 0 Å². The van der Waals surface area contributed by atoms with Crippen molar-refractivity contribution >= 4 is 32.6 Å². The standard InChI is InChI=1S/C21H19ClO2S/c1-14-11-16(5-8-20(14)22)19-13-21(9-10-21)12-18(19)15-3-6-17(7-4-15)25(2,23)24/h3-8,11-13H,9-10H2,1-2H3. The van der Waals surface area contributed by atoms with Gasteiger partial charge in [0.2, 0.25) is 0 Å². The second-order valence-corrected chi connectivity index (χ2v) is 9.53. The fraction of sp³-hybridized carbons (Fsp3) is 0.238. The Bertz CT molecular complexity index is 1020. The van der Waals surface area contributed by atoms with Crippen molar-refractivity contribution in [3.05, 3.63) is 76.3 Å². The highest BCUT2D eigenvalue weighted by Gasteiger charge is 2.43. The molecule has 2 aliphatic rings. The summed E-state index contributed by atoms with van der Waals surface area (Å²) in [6, 6.07) is 13.3. The summed E-state index contributed by atoms with van der Waals surface area (Å²) in [6.45, 7) is 2.01. The van der Waals surface area contributed by atoms with Crippen LogP contribution < -0.4 is 0 Å². The second kappa shape index (κ2) is 5.58. The Morgan fingerprint density at radius 2 is 1.48 bits per heavy atom. The van der Waals surface area contributed by atoms with Gasteiger partial charge in [-0.1, -0.05) is 42.0 Å². The molecule has 0 saturated heterocycles. The first-order valence-electron chi connectivity index (χ1n) is 8.31. The molecule has 0 amide bonds. The van der Waals surface area contributed by atoms with Crippen molar-refractivity contribution in [2.24, 2.45) is 5.41 Å². The van der Waals surface area contributed by atoms with Crippen molar-refractivity contribution in [1.29, 1.82) is 0 Å². The fourth-order valence-corrected chi connectivity index (χ4v) is 4.12. The first-order chi connectivity index (χ1) is 11.8. The van der Waals surface area contributed by atoms with Gasteiger partial charge in [0.15, 0.2) is 9.84 Å². The summed E-state index contributed by atoms with van der Waals surface area (Å²) < 4.78 is 23.4. The summed E-state index contributed by atoms with van der Waals surface area (Å²) in [4.78, 5) is 0.351. The number of halogens is 1. The van der Waals surface area contributed by atoms with Crippen molar-refractivity contribution in [2.75, 3.05) is 6.26 Å². The van der Waals surface area contributed by atoms with Gasteiger partial charge in [-0.15, -0.1) is 0 Å². The maximum atomic E-state index is 11.7. The number of rotatable bonds is 3. The molecule has 4 rings (SSSR count). The Labute approximate surface area is 153 Å². The third-order valence-electron chi connectivity index (χ3n) is 5.04. The van der Waals surface area contributed by atoms with Crippen LogP contribution in [0.1, 0.15) is 29.5 Å². The van der Waals surface area contributed by atoms with Crippen LogP contribution in [0.3, 0.4) is 0 Å². The molecule has 0 atom stereocenters. The molecule has 128 valence electrons. The number of aryl methyl sites for hydroxylation is 1. The zero-order chi connectivity index (χ0) is 17.8. The lowest BCUT2D eigenvalue weighted by Crippen LogP contribution is -1.97. The van der Waals surface area contributed by atoms with Crippen molar-refractivity contribution in [3.8, 4) is 0 Å². The Balaban J connectivity index is 1.78. The average Bonchev–Trinajstić information content (AvgIpc) is 3.20. The normalized spacial score (nSPS) is 18.2. The monoisotopic (exact) mass is 370 g/mol. The minimum Gasteiger partial charge on any atom is -0.224 e. The van der Waals surface area contributed by atoms with E-state index in [1.54, 1.807) is 12.1 Å². The molecule has 0 aliphatic heterocycles. The number of benzene rings is 2. The molecule has 2 aliphatic carbocycles. The molecule has 25 heavy (non-hydrogen) atoms. The minimum absolute atomic E-state index is 0.188. The summed E-state index contributed by atoms with van der Waals surface area (Å²) in [5, 5.41) is 0.770. The van der Waals surface area contributed by atoms with E-state index in [0.29, 0.717) is 4.90 Å². The van der Waals surface area contributed by atoms with Crippen LogP contribution in [0, 0.1) is 12.3 Å². The van der Waals surface area contributed by atoms with E-state index in [9.17, 15) is 8.42 Å². The molecule has 0 unspecified atom stereocenters. The highest BCUT2D eigenvalue weighted by molar-refractivity contribution is 7.90. The molecular formula is C21H19ClO2S. The smallest absolute Gasteiger partial charge is 0.175 e. The molecule has 0 bridgehead atoms. The van der Waals surface area contributed by atoms with Gasteiger partial charge in [-0.25, -0.2) is 8.42 Å². The second-order valence-electron chi connectivity index (χ2n) is 7.11. The molecule has 0 radical (unpaired) electrons. The van der Waals surface area contributed by atoms with E-state index in [1.165, 1.54) is 30.2 Å². The Morgan fingerprint density at radius 3 is 2.00 bits per heavy atom. The molecular weight excluding hydrogens is 352 g/mol. The molecule has 0 N–H and O–H groups in total. The van der Waals surface area contributed by atoms with Gasteiger partial charge in [0.25, 0.3) is 0 Å². The van der Waals surface area contributed by atoms with Gasteiger partial charge in [0.1, 0.15) is 0 Å². The first kappa shape index (κ1) is 16.6. The van der Waals surface area contributed by atoms with E-state index in [-0.39, 0.29) is 5.41 Å². The van der Waals surface area contributed by atoms with Crippen LogP contribution in [0.5, 0.6) is 0 Å². The molecule has 1 fully saturated rings. The molecule has 2 aromatic carbocycles. The minimum atomic E-state index is -3.18. The molecule has 1 saturated carbocycles. The predicted molar refractivity (Wildman–Crippen MR) is 103 cm³/mol. The van der Waals surface area contributed by atoms with E-state index in [0.717, 1.165) is 21.7 Å². The molecule has 1 spiro atoms. The lowest BCUT2D eigenvalue weighted by molar-refractivity contribution is 0.602. The van der Waals surface area contributed by atoms with E-state index < -0.39 is 9.84 Å². The van der Waals surface area contributed by atoms with Crippen LogP contribution in [0.25, 0.3) is 11.1 Å². The van der Waals surface area contributed by atoms with Crippen molar-refractivity contribution in [3.63, 3.8) is 0 Å². The highest BCUT2D eigenvalue weighted by atomic mass is 35.5. The SMILES string of the molecule is Cc1cc(C2=CC3(C=C2c2ccc(S(C)(=O)=O)cc2)CC3)ccc1Cl. The first-order valence-corrected chi connectivity index (χ1v) is 10.6. The topological polar surface area (TPSA) is 34.1 Å². The zero-order valence-electron chi connectivity index (χ0n) is 14.2. The maximum Gasteiger partial charge on any atom is 0.175 e. The summed E-state index contributed by atoms with van der Waals surface area (Å²) in [5.41, 5.74) is 5.85. The third-order valence-corrected chi connectivity index (χ3v) is 6.60. The number of hydrogen-bond donors (Lipinski definition) is 0. The van der Waals surface area contributed by atoms with E-state index in [2.05, 4.69) is 24.3 Å². The van der Waals surface area contributed by atoms with Crippen LogP contribution in [0.15, 0.2) is 59.5 Å². The zero-order valence-corrected chi connectivity index (χ0v) is 15.8. The molecule has 2 aromatic rings. The van der Waals surface area contributed by atoms with Gasteiger partial charge in [0, 0.05) is 16.7 Å². The third kappa shape index (κ3) is 3.07. The van der Waals surface area contributed by atoms with E-state index >= 15 is 0 Å². The van der Waals surface area contributed by atoms with Gasteiger partial charge >= 0.3 is 0 Å². The highest BCUT2D eigenvalue weighted by Crippen LogP contribution is 2.57. The maximum absolute atomic E-state index is 11.7. The van der Waals surface area contributed by atoms with Crippen molar-refractivity contribution in [1.82, 2.24) is 0 Å². The lowest BCUT2D eigenvalue weighted by atomic mass is 9.94. The van der Waals surface area contributed by atoms with Crippen molar-refractivity contribution < 1.29 is 8.42 Å². The summed E-state index contributed by atoms with van der Waals surface area (Å²) in [7, 11) is -3.18. The molecule has 4 heteroatoms. The quantitative estimate of drug-likeness (QED) is 0.733. The lowest BCUT2D eigenvalue weighted by Gasteiger charge is -2.11. The predicted octanol–water partition coefficient (Wildman–Crippen LogP) is 5.31. The van der Waals surface area contributed by atoms with Crippen LogP contribution in [0.2, 0.25) is 5.02 Å². The van der Waals surface area contributed by atoms with E-state index in [1.807, 2.05) is 25.1 Å². The number of allylic oxidation sites excluding steroid dienone is 4. The Morgan fingerprint density at radius 1 is 0.920 bits per heavy atom. The molecule has 0 aromatic heterocycles. The molecule has 0 heterocycles. The van der Waals surface area contributed by atoms with Crippen LogP contribution in [-0.4, -0.2) is 14.7 Å². The van der Waals surface area contributed by atoms with Crippen LogP contribution in [-0.2, 0) is 9.84 Å². The largest absolute Gasteiger partial charge is 0.224 e. The summed E-state index contributed by atoms with van der Waals surface area (Å²) in [6.07, 6.45) is 8.27. The van der Waals surface area contributed by atoms with Crippen molar-refractivity contribution in [2.45, 2.75) is 24.7 Å². The number of hydrogen-bond acceptors (Lipinski definition) is 2. The Kier molecular flexibility index (Phi) is 3.71. The van der Waals surface area contributed by atoms with Gasteiger partial charge in [0.05, 0.1) is 4.90 Å². The van der Waals surface area contributed by atoms with E-state index in [4.69, 9.17) is 11.6 Å². The van der Waals surface area contributed by atoms with Gasteiger partial charge in [-0.2, -0.15) is 0 Å². The fourth-order valence-electron chi connectivity index (χ4n) is 3.38. The van der Waals surface area contributed by atoms with Gasteiger partial charge in [-0.3, -0.25) is 0 Å². The van der Waals surface area contributed by atoms with Gasteiger partial charge < -0.3 is 0 Å². The Hall–Kier alpha value is -1.84. The average molecular weight is 371 g/mol. The van der Waals surface area contributed by atoms with Gasteiger partial charge in [-0.05, 0) is 71.9 Å². The summed E-state index contributed by atoms with van der Waals surface area (Å²) in [5.74, 6) is 0. The summed E-state index contributed by atoms with van der Waals surface area (Å²) >= 11 is 6.18.